The Morgan fingerprint density at radius 1 is 0.389 bits per heavy atom. The second-order valence-corrected chi connectivity index (χ2v) is 18.7. The van der Waals surface area contributed by atoms with Crippen molar-refractivity contribution in [1.82, 2.24) is 0 Å². The summed E-state index contributed by atoms with van der Waals surface area (Å²) in [5.74, 6) is 7.11. The Morgan fingerprint density at radius 3 is 1.02 bits per heavy atom. The van der Waals surface area contributed by atoms with E-state index in [1.807, 2.05) is 0 Å². The van der Waals surface area contributed by atoms with Crippen LogP contribution in [0.3, 0.4) is 0 Å². The van der Waals surface area contributed by atoms with Crippen LogP contribution in [0.15, 0.2) is 143 Å². The topological polar surface area (TPSA) is 6.48 Å². The number of nitrogens with zero attached hydrogens (tertiary/aromatic N) is 2. The Kier molecular flexibility index (Phi) is 7.87. The van der Waals surface area contributed by atoms with Crippen LogP contribution in [0, 0.1) is 11.8 Å². The second kappa shape index (κ2) is 12.7. The predicted octanol–water partition coefficient (Wildman–Crippen LogP) is 14.9. The molecule has 0 spiro atoms. The molecule has 0 N–H and O–H groups in total. The molecule has 4 aromatic heterocycles. The fourth-order valence-corrected chi connectivity index (χ4v) is 11.5. The minimum Gasteiger partial charge on any atom is -0.293 e. The van der Waals surface area contributed by atoms with Gasteiger partial charge < -0.3 is 0 Å². The monoisotopic (exact) mass is 768 g/mol. The van der Waals surface area contributed by atoms with Crippen molar-refractivity contribution in [3.63, 3.8) is 0 Å². The summed E-state index contributed by atoms with van der Waals surface area (Å²) >= 11 is 7.08. The first-order chi connectivity index (χ1) is 26.3. The summed E-state index contributed by atoms with van der Waals surface area (Å²) in [7, 11) is 0. The van der Waals surface area contributed by atoms with Crippen LogP contribution < -0.4 is 9.80 Å². The molecule has 0 unspecified atom stereocenters. The van der Waals surface area contributed by atoms with Gasteiger partial charge in [0.25, 0.3) is 0 Å². The lowest BCUT2D eigenvalue weighted by Crippen LogP contribution is -2.16. The van der Waals surface area contributed by atoms with Gasteiger partial charge in [0.05, 0.1) is 0 Å². The molecule has 2 aliphatic rings. The van der Waals surface area contributed by atoms with Gasteiger partial charge in [-0.05, 0) is 163 Å². The Labute approximate surface area is 333 Å². The minimum atomic E-state index is -0.153. The molecule has 54 heavy (non-hydrogen) atoms. The summed E-state index contributed by atoms with van der Waals surface area (Å²) in [5, 5.41) is 13.5. The lowest BCUT2D eigenvalue weighted by atomic mass is 9.81. The smallest absolute Gasteiger partial charge is 0.101 e. The van der Waals surface area contributed by atoms with Crippen LogP contribution in [0.5, 0.6) is 0 Å². The SMILES string of the molecule is CC1(C)c2cc(C#Cc3ccc4c(c3)C(C)(C)c3cc(N(c5cccs5)c5cccs5)ccc3-4)ccc2-c2ccc(N(c3cccs3)c3cccs3)cc21. The van der Waals surface area contributed by atoms with Gasteiger partial charge in [0.2, 0.25) is 0 Å². The molecule has 4 aromatic carbocycles. The number of rotatable bonds is 6. The van der Waals surface area contributed by atoms with Crippen LogP contribution in [-0.2, 0) is 10.8 Å². The van der Waals surface area contributed by atoms with Gasteiger partial charge in [-0.25, -0.2) is 0 Å². The molecule has 262 valence electrons. The van der Waals surface area contributed by atoms with Crippen molar-refractivity contribution in [3.8, 4) is 34.1 Å². The van der Waals surface area contributed by atoms with Crippen LogP contribution >= 0.6 is 45.3 Å². The Bertz CT molecular complexity index is 2470. The molecule has 0 amide bonds. The maximum Gasteiger partial charge on any atom is 0.101 e. The van der Waals surface area contributed by atoms with Gasteiger partial charge in [-0.2, -0.15) is 0 Å². The first kappa shape index (κ1) is 33.4. The van der Waals surface area contributed by atoms with Crippen molar-refractivity contribution in [1.29, 1.82) is 0 Å². The third-order valence-corrected chi connectivity index (χ3v) is 14.5. The average Bonchev–Trinajstić information content (AvgIpc) is 4.05. The molecule has 0 saturated heterocycles. The molecule has 2 nitrogen and oxygen atoms in total. The van der Waals surface area contributed by atoms with Crippen molar-refractivity contribution in [2.75, 3.05) is 9.80 Å². The van der Waals surface area contributed by atoms with Gasteiger partial charge in [0, 0.05) is 33.3 Å². The standard InChI is InChI=1S/C48H36N2S4/c1-47(2)39-27-31(15-19-35(39)37-21-17-33(29-41(37)47)49(43-9-5-23-51-43)44-10-6-24-52-44)13-14-32-16-20-36-38-22-18-34(30-42(38)48(3,4)40(36)28-32)50(45-11-7-25-53-45)46-12-8-26-54-46/h5-12,15-30H,1-4H3. The van der Waals surface area contributed by atoms with E-state index in [0.717, 1.165) is 11.1 Å². The van der Waals surface area contributed by atoms with Crippen LogP contribution in [-0.4, -0.2) is 0 Å². The Hall–Kier alpha value is -5.16. The van der Waals surface area contributed by atoms with Gasteiger partial charge >= 0.3 is 0 Å². The molecule has 2 aliphatic carbocycles. The molecule has 0 bridgehead atoms. The third-order valence-electron chi connectivity index (χ3n) is 11.1. The van der Waals surface area contributed by atoms with Crippen LogP contribution in [0.4, 0.5) is 31.4 Å². The Morgan fingerprint density at radius 2 is 0.704 bits per heavy atom. The molecule has 0 atom stereocenters. The minimum absolute atomic E-state index is 0.153. The molecule has 10 rings (SSSR count). The van der Waals surface area contributed by atoms with Gasteiger partial charge in [0.15, 0.2) is 0 Å². The summed E-state index contributed by atoms with van der Waals surface area (Å²) in [5.41, 5.74) is 14.8. The van der Waals surface area contributed by atoms with Gasteiger partial charge in [-0.15, -0.1) is 45.3 Å². The zero-order valence-electron chi connectivity index (χ0n) is 30.4. The van der Waals surface area contributed by atoms with Crippen molar-refractivity contribution >= 4 is 76.7 Å². The number of benzene rings is 4. The van der Waals surface area contributed by atoms with E-state index in [1.54, 1.807) is 45.3 Å². The highest BCUT2D eigenvalue weighted by atomic mass is 32.1. The van der Waals surface area contributed by atoms with E-state index in [-0.39, 0.29) is 10.8 Å². The largest absolute Gasteiger partial charge is 0.293 e. The number of thiophene rings is 4. The molecule has 4 heterocycles. The Balaban J connectivity index is 0.953. The molecule has 0 aliphatic heterocycles. The second-order valence-electron chi connectivity index (χ2n) is 15.0. The highest BCUT2D eigenvalue weighted by Crippen LogP contribution is 2.53. The quantitative estimate of drug-likeness (QED) is 0.155. The number of hydrogen-bond acceptors (Lipinski definition) is 6. The lowest BCUT2D eigenvalue weighted by Gasteiger charge is -2.26. The molecular formula is C48H36N2S4. The third kappa shape index (κ3) is 5.33. The van der Waals surface area contributed by atoms with E-state index in [2.05, 4.69) is 192 Å². The molecule has 8 aromatic rings. The van der Waals surface area contributed by atoms with Gasteiger partial charge in [-0.1, -0.05) is 63.8 Å². The summed E-state index contributed by atoms with van der Waals surface area (Å²) in [6, 6.07) is 44.9. The first-order valence-electron chi connectivity index (χ1n) is 18.1. The summed E-state index contributed by atoms with van der Waals surface area (Å²) in [6.07, 6.45) is 0. The van der Waals surface area contributed by atoms with E-state index in [4.69, 9.17) is 0 Å². The predicted molar refractivity (Wildman–Crippen MR) is 235 cm³/mol. The number of anilines is 6. The fraction of sp³-hybridized carbons (Fsp3) is 0.125. The van der Waals surface area contributed by atoms with E-state index < -0.39 is 0 Å². The van der Waals surface area contributed by atoms with Crippen molar-refractivity contribution < 1.29 is 0 Å². The molecule has 0 fully saturated rings. The van der Waals surface area contributed by atoms with Crippen LogP contribution in [0.1, 0.15) is 61.1 Å². The molecule has 0 saturated carbocycles. The zero-order valence-corrected chi connectivity index (χ0v) is 33.6. The maximum atomic E-state index is 3.56. The molecular weight excluding hydrogens is 733 g/mol. The van der Waals surface area contributed by atoms with E-state index in [1.165, 1.54) is 75.9 Å². The highest BCUT2D eigenvalue weighted by molar-refractivity contribution is 7.17. The first-order valence-corrected chi connectivity index (χ1v) is 21.6. The number of fused-ring (bicyclic) bond motifs is 6. The zero-order chi connectivity index (χ0) is 36.6. The molecule has 0 radical (unpaired) electrons. The van der Waals surface area contributed by atoms with E-state index >= 15 is 0 Å². The summed E-state index contributed by atoms with van der Waals surface area (Å²) in [6.45, 7) is 9.41. The van der Waals surface area contributed by atoms with Crippen molar-refractivity contribution in [2.24, 2.45) is 0 Å². The lowest BCUT2D eigenvalue weighted by molar-refractivity contribution is 0.660. The van der Waals surface area contributed by atoms with Gasteiger partial charge in [-0.3, -0.25) is 9.80 Å². The summed E-state index contributed by atoms with van der Waals surface area (Å²) < 4.78 is 0. The van der Waals surface area contributed by atoms with Gasteiger partial charge in [0.1, 0.15) is 20.0 Å². The normalized spacial score (nSPS) is 14.1. The highest BCUT2D eigenvalue weighted by Gasteiger charge is 2.38. The summed E-state index contributed by atoms with van der Waals surface area (Å²) in [4.78, 5) is 4.76. The van der Waals surface area contributed by atoms with Crippen molar-refractivity contribution in [3.05, 3.63) is 176 Å². The van der Waals surface area contributed by atoms with E-state index in [9.17, 15) is 0 Å². The van der Waals surface area contributed by atoms with Crippen molar-refractivity contribution in [2.45, 2.75) is 38.5 Å². The maximum absolute atomic E-state index is 3.56. The number of hydrogen-bond donors (Lipinski definition) is 0. The van der Waals surface area contributed by atoms with Crippen LogP contribution in [0.2, 0.25) is 0 Å². The molecule has 6 heteroatoms. The van der Waals surface area contributed by atoms with E-state index in [0.29, 0.717) is 0 Å². The van der Waals surface area contributed by atoms with Crippen LogP contribution in [0.25, 0.3) is 22.3 Å². The average molecular weight is 769 g/mol. The fourth-order valence-electron chi connectivity index (χ4n) is 8.34.